The number of nitrogens with zero attached hydrogens (tertiary/aromatic N) is 2. The molecule has 2 aromatic carbocycles. The summed E-state index contributed by atoms with van der Waals surface area (Å²) >= 11 is 6.03. The molecule has 1 unspecified atom stereocenters. The Morgan fingerprint density at radius 1 is 1.19 bits per heavy atom. The van der Waals surface area contributed by atoms with Gasteiger partial charge >= 0.3 is 12.0 Å². The van der Waals surface area contributed by atoms with Crippen molar-refractivity contribution in [1.82, 2.24) is 20.2 Å². The molecule has 1 aliphatic rings. The summed E-state index contributed by atoms with van der Waals surface area (Å²) in [6.07, 6.45) is 1.38. The van der Waals surface area contributed by atoms with Gasteiger partial charge in [0, 0.05) is 5.02 Å². The van der Waals surface area contributed by atoms with E-state index in [4.69, 9.17) is 16.3 Å². The Bertz CT molecular complexity index is 1250. The summed E-state index contributed by atoms with van der Waals surface area (Å²) in [5, 5.41) is 6.17. The molecule has 31 heavy (non-hydrogen) atoms. The van der Waals surface area contributed by atoms with Crippen molar-refractivity contribution >= 4 is 34.5 Å². The van der Waals surface area contributed by atoms with E-state index < -0.39 is 18.0 Å². The van der Waals surface area contributed by atoms with Crippen molar-refractivity contribution in [3.8, 4) is 0 Å². The molecule has 0 aliphatic carbocycles. The molecule has 0 radical (unpaired) electrons. The fraction of sp³-hybridized carbons (Fsp3) is 0.182. The van der Waals surface area contributed by atoms with Gasteiger partial charge in [-0.05, 0) is 30.7 Å². The fourth-order valence-electron chi connectivity index (χ4n) is 3.50. The molecule has 0 bridgehead atoms. The summed E-state index contributed by atoms with van der Waals surface area (Å²) in [4.78, 5) is 42.5. The van der Waals surface area contributed by atoms with Gasteiger partial charge in [0.1, 0.15) is 0 Å². The van der Waals surface area contributed by atoms with Crippen LogP contribution in [0.15, 0.2) is 70.9 Å². The lowest BCUT2D eigenvalue weighted by molar-refractivity contribution is -0.139. The second-order valence-electron chi connectivity index (χ2n) is 6.89. The molecule has 1 aromatic heterocycles. The van der Waals surface area contributed by atoms with Crippen molar-refractivity contribution in [2.24, 2.45) is 0 Å². The lowest BCUT2D eigenvalue weighted by Gasteiger charge is -2.29. The summed E-state index contributed by atoms with van der Waals surface area (Å²) in [5.41, 5.74) is 1.37. The van der Waals surface area contributed by atoms with Gasteiger partial charge in [-0.3, -0.25) is 9.36 Å². The Balaban J connectivity index is 1.83. The molecule has 0 saturated carbocycles. The van der Waals surface area contributed by atoms with Crippen LogP contribution in [0.4, 0.5) is 4.79 Å². The van der Waals surface area contributed by atoms with E-state index in [0.717, 1.165) is 0 Å². The number of urea groups is 1. The Hall–Kier alpha value is -3.65. The van der Waals surface area contributed by atoms with Gasteiger partial charge in [0.05, 0.1) is 47.7 Å². The smallest absolute Gasteiger partial charge is 0.338 e. The summed E-state index contributed by atoms with van der Waals surface area (Å²) < 4.78 is 6.56. The minimum Gasteiger partial charge on any atom is -0.463 e. The number of rotatable bonds is 5. The summed E-state index contributed by atoms with van der Waals surface area (Å²) in [6.45, 7) is 1.80. The van der Waals surface area contributed by atoms with E-state index in [2.05, 4.69) is 15.6 Å². The summed E-state index contributed by atoms with van der Waals surface area (Å²) in [6, 6.07) is 12.7. The minimum absolute atomic E-state index is 0.0703. The van der Waals surface area contributed by atoms with Crippen LogP contribution in [0.1, 0.15) is 18.5 Å². The first-order valence-electron chi connectivity index (χ1n) is 9.65. The van der Waals surface area contributed by atoms with Gasteiger partial charge in [-0.2, -0.15) is 0 Å². The maximum atomic E-state index is 13.0. The van der Waals surface area contributed by atoms with Gasteiger partial charge in [0.15, 0.2) is 0 Å². The number of hydrogen-bond acceptors (Lipinski definition) is 5. The highest BCUT2D eigenvalue weighted by atomic mass is 35.5. The molecule has 2 amide bonds. The number of benzene rings is 2. The summed E-state index contributed by atoms with van der Waals surface area (Å²) in [5.74, 6) is -0.580. The zero-order valence-electron chi connectivity index (χ0n) is 16.6. The Kier molecular flexibility index (Phi) is 5.73. The SMILES string of the molecule is CCOC(=O)C1=C(Cn2cnc3ccc(Cl)cc3c2=O)NC(=O)NC1c1ccccc1. The highest BCUT2D eigenvalue weighted by Gasteiger charge is 2.33. The van der Waals surface area contributed by atoms with Gasteiger partial charge in [-0.1, -0.05) is 41.9 Å². The molecule has 8 nitrogen and oxygen atoms in total. The lowest BCUT2D eigenvalue weighted by Crippen LogP contribution is -2.47. The molecule has 0 saturated heterocycles. The van der Waals surface area contributed by atoms with Crippen LogP contribution < -0.4 is 16.2 Å². The third kappa shape index (κ3) is 4.15. The molecule has 158 valence electrons. The zero-order chi connectivity index (χ0) is 22.0. The first-order valence-corrected chi connectivity index (χ1v) is 10.0. The molecule has 1 aliphatic heterocycles. The number of allylic oxidation sites excluding steroid dienone is 1. The van der Waals surface area contributed by atoms with E-state index in [9.17, 15) is 14.4 Å². The topological polar surface area (TPSA) is 102 Å². The number of carbonyl (C=O) groups is 2. The van der Waals surface area contributed by atoms with Crippen molar-refractivity contribution in [3.05, 3.63) is 87.1 Å². The van der Waals surface area contributed by atoms with Crippen molar-refractivity contribution < 1.29 is 14.3 Å². The quantitative estimate of drug-likeness (QED) is 0.596. The van der Waals surface area contributed by atoms with Crippen molar-refractivity contribution in [2.75, 3.05) is 6.61 Å². The van der Waals surface area contributed by atoms with E-state index in [-0.39, 0.29) is 30.0 Å². The zero-order valence-corrected chi connectivity index (χ0v) is 17.3. The van der Waals surface area contributed by atoms with Gasteiger partial charge < -0.3 is 15.4 Å². The number of aromatic nitrogens is 2. The van der Waals surface area contributed by atoms with Crippen molar-refractivity contribution in [2.45, 2.75) is 19.5 Å². The normalized spacial score (nSPS) is 16.1. The van der Waals surface area contributed by atoms with E-state index in [1.807, 2.05) is 18.2 Å². The molecule has 0 fully saturated rings. The van der Waals surface area contributed by atoms with Crippen LogP contribution in [0.5, 0.6) is 0 Å². The number of amides is 2. The van der Waals surface area contributed by atoms with Crippen LogP contribution in [-0.2, 0) is 16.1 Å². The Morgan fingerprint density at radius 3 is 2.71 bits per heavy atom. The number of esters is 1. The van der Waals surface area contributed by atoms with E-state index in [0.29, 0.717) is 21.5 Å². The van der Waals surface area contributed by atoms with Gasteiger partial charge in [-0.15, -0.1) is 0 Å². The van der Waals surface area contributed by atoms with E-state index >= 15 is 0 Å². The second kappa shape index (κ2) is 8.61. The van der Waals surface area contributed by atoms with Crippen LogP contribution in [0.2, 0.25) is 5.02 Å². The third-order valence-corrected chi connectivity index (χ3v) is 5.13. The molecule has 9 heteroatoms. The largest absolute Gasteiger partial charge is 0.463 e. The number of ether oxygens (including phenoxy) is 1. The number of carbonyl (C=O) groups excluding carboxylic acids is 2. The molecule has 2 N–H and O–H groups in total. The predicted octanol–water partition coefficient (Wildman–Crippen LogP) is 2.92. The number of nitrogens with one attached hydrogen (secondary N) is 2. The average Bonchev–Trinajstić information content (AvgIpc) is 2.76. The molecule has 0 spiro atoms. The van der Waals surface area contributed by atoms with E-state index in [1.54, 1.807) is 31.2 Å². The molecule has 1 atom stereocenters. The lowest BCUT2D eigenvalue weighted by atomic mass is 9.95. The van der Waals surface area contributed by atoms with Crippen LogP contribution in [0, 0.1) is 0 Å². The first-order chi connectivity index (χ1) is 15.0. The maximum absolute atomic E-state index is 13.0. The van der Waals surface area contributed by atoms with Crippen molar-refractivity contribution in [1.29, 1.82) is 0 Å². The molecule has 2 heterocycles. The Morgan fingerprint density at radius 2 is 1.97 bits per heavy atom. The first kappa shape index (κ1) is 20.6. The fourth-order valence-corrected chi connectivity index (χ4v) is 3.67. The number of hydrogen-bond donors (Lipinski definition) is 2. The molecular weight excluding hydrogens is 420 g/mol. The maximum Gasteiger partial charge on any atom is 0.338 e. The molecule has 4 rings (SSSR count). The molecular formula is C22H19ClN4O4. The number of fused-ring (bicyclic) bond motifs is 1. The standard InChI is InChI=1S/C22H19ClN4O4/c1-2-31-21(29)18-17(25-22(30)26-19(18)13-6-4-3-5-7-13)11-27-12-24-16-9-8-14(23)10-15(16)20(27)28/h3-10,12,19H,2,11H2,1H3,(H2,25,26,30). The monoisotopic (exact) mass is 438 g/mol. The second-order valence-corrected chi connectivity index (χ2v) is 7.33. The van der Waals surface area contributed by atoms with Crippen LogP contribution >= 0.6 is 11.6 Å². The summed E-state index contributed by atoms with van der Waals surface area (Å²) in [7, 11) is 0. The van der Waals surface area contributed by atoms with Crippen LogP contribution in [0.25, 0.3) is 10.9 Å². The predicted molar refractivity (Wildman–Crippen MR) is 116 cm³/mol. The number of halogens is 1. The molecule has 3 aromatic rings. The van der Waals surface area contributed by atoms with Gasteiger partial charge in [-0.25, -0.2) is 14.6 Å². The third-order valence-electron chi connectivity index (χ3n) is 4.90. The highest BCUT2D eigenvalue weighted by Crippen LogP contribution is 2.28. The van der Waals surface area contributed by atoms with Gasteiger partial charge in [0.2, 0.25) is 0 Å². The van der Waals surface area contributed by atoms with Crippen molar-refractivity contribution in [3.63, 3.8) is 0 Å². The van der Waals surface area contributed by atoms with E-state index in [1.165, 1.54) is 17.0 Å². The minimum atomic E-state index is -0.720. The average molecular weight is 439 g/mol. The van der Waals surface area contributed by atoms with Crippen LogP contribution in [0.3, 0.4) is 0 Å². The highest BCUT2D eigenvalue weighted by molar-refractivity contribution is 6.31. The Labute approximate surface area is 182 Å². The van der Waals surface area contributed by atoms with Gasteiger partial charge in [0.25, 0.3) is 5.56 Å². The van der Waals surface area contributed by atoms with Crippen LogP contribution in [-0.4, -0.2) is 28.2 Å².